The van der Waals surface area contributed by atoms with E-state index in [-0.39, 0.29) is 11.3 Å². The summed E-state index contributed by atoms with van der Waals surface area (Å²) in [6.45, 7) is 7.00. The number of aliphatic imine (C=N–C) groups is 1. The SMILES string of the molecule is CCNC(=NCC1(C(=O)N(C)C)CCCC1)NCCN(C)CCCOC. The lowest BCUT2D eigenvalue weighted by Gasteiger charge is -2.29. The summed E-state index contributed by atoms with van der Waals surface area (Å²) in [5, 5.41) is 6.69. The molecule has 0 aromatic heterocycles. The molecule has 0 aliphatic heterocycles. The zero-order valence-corrected chi connectivity index (χ0v) is 17.4. The standard InChI is InChI=1S/C19H39N5O2/c1-6-20-18(21-12-14-24(4)13-9-15-26-5)22-16-19(10-7-8-11-19)17(25)23(2)3/h6-16H2,1-5H3,(H2,20,21,22). The van der Waals surface area contributed by atoms with Crippen molar-refractivity contribution >= 4 is 11.9 Å². The van der Waals surface area contributed by atoms with Gasteiger partial charge in [-0.2, -0.15) is 0 Å². The van der Waals surface area contributed by atoms with E-state index in [2.05, 4.69) is 29.5 Å². The van der Waals surface area contributed by atoms with Gasteiger partial charge in [-0.15, -0.1) is 0 Å². The fourth-order valence-corrected chi connectivity index (χ4v) is 3.49. The predicted molar refractivity (Wildman–Crippen MR) is 108 cm³/mol. The fraction of sp³-hybridized carbons (Fsp3) is 0.895. The molecule has 0 saturated heterocycles. The minimum absolute atomic E-state index is 0.215. The molecule has 0 bridgehead atoms. The molecule has 26 heavy (non-hydrogen) atoms. The number of methoxy groups -OCH3 is 1. The topological polar surface area (TPSA) is 69.2 Å². The van der Waals surface area contributed by atoms with Gasteiger partial charge in [0, 0.05) is 54.0 Å². The van der Waals surface area contributed by atoms with E-state index in [1.807, 2.05) is 14.1 Å². The van der Waals surface area contributed by atoms with E-state index in [0.29, 0.717) is 6.54 Å². The van der Waals surface area contributed by atoms with Gasteiger partial charge >= 0.3 is 0 Å². The number of rotatable bonds is 11. The van der Waals surface area contributed by atoms with Gasteiger partial charge < -0.3 is 25.2 Å². The van der Waals surface area contributed by atoms with Gasteiger partial charge in [0.05, 0.1) is 12.0 Å². The van der Waals surface area contributed by atoms with Crippen LogP contribution in [-0.4, -0.2) is 89.3 Å². The molecule has 1 aliphatic rings. The third-order valence-electron chi connectivity index (χ3n) is 4.98. The van der Waals surface area contributed by atoms with Crippen molar-refractivity contribution in [2.45, 2.75) is 39.0 Å². The van der Waals surface area contributed by atoms with Gasteiger partial charge in [-0.3, -0.25) is 9.79 Å². The Morgan fingerprint density at radius 2 is 1.85 bits per heavy atom. The molecule has 1 fully saturated rings. The summed E-state index contributed by atoms with van der Waals surface area (Å²) >= 11 is 0. The molecule has 0 spiro atoms. The first-order valence-corrected chi connectivity index (χ1v) is 9.86. The first kappa shape index (κ1) is 22.7. The highest BCUT2D eigenvalue weighted by molar-refractivity contribution is 5.84. The molecule has 1 aliphatic carbocycles. The molecule has 1 rings (SSSR count). The van der Waals surface area contributed by atoms with Crippen LogP contribution in [0.15, 0.2) is 4.99 Å². The van der Waals surface area contributed by atoms with Crippen molar-refractivity contribution in [2.75, 3.05) is 67.6 Å². The quantitative estimate of drug-likeness (QED) is 0.325. The summed E-state index contributed by atoms with van der Waals surface area (Å²) in [5.41, 5.74) is -0.317. The van der Waals surface area contributed by atoms with Gasteiger partial charge in [-0.1, -0.05) is 12.8 Å². The maximum Gasteiger partial charge on any atom is 0.230 e. The summed E-state index contributed by atoms with van der Waals surface area (Å²) in [4.78, 5) is 21.4. The van der Waals surface area contributed by atoms with E-state index in [0.717, 1.165) is 70.8 Å². The summed E-state index contributed by atoms with van der Waals surface area (Å²) in [6, 6.07) is 0. The molecule has 0 aromatic rings. The Morgan fingerprint density at radius 1 is 1.15 bits per heavy atom. The Labute approximate surface area is 159 Å². The summed E-state index contributed by atoms with van der Waals surface area (Å²) in [7, 11) is 7.54. The second-order valence-corrected chi connectivity index (χ2v) is 7.46. The number of nitrogens with one attached hydrogen (secondary N) is 2. The monoisotopic (exact) mass is 369 g/mol. The lowest BCUT2D eigenvalue weighted by Crippen LogP contribution is -2.44. The van der Waals surface area contributed by atoms with Crippen LogP contribution in [0.4, 0.5) is 0 Å². The van der Waals surface area contributed by atoms with Crippen LogP contribution in [0.25, 0.3) is 0 Å². The lowest BCUT2D eigenvalue weighted by atomic mass is 9.85. The second-order valence-electron chi connectivity index (χ2n) is 7.46. The Bertz CT molecular complexity index is 434. The van der Waals surface area contributed by atoms with Crippen LogP contribution < -0.4 is 10.6 Å². The Hall–Kier alpha value is -1.34. The fourth-order valence-electron chi connectivity index (χ4n) is 3.49. The number of likely N-dealkylation sites (N-methyl/N-ethyl adjacent to an activating group) is 1. The number of hydrogen-bond acceptors (Lipinski definition) is 4. The highest BCUT2D eigenvalue weighted by atomic mass is 16.5. The average molecular weight is 370 g/mol. The van der Waals surface area contributed by atoms with Gasteiger partial charge in [-0.05, 0) is 33.2 Å². The minimum Gasteiger partial charge on any atom is -0.385 e. The van der Waals surface area contributed by atoms with Crippen LogP contribution in [0.3, 0.4) is 0 Å². The molecule has 0 atom stereocenters. The van der Waals surface area contributed by atoms with E-state index < -0.39 is 0 Å². The van der Waals surface area contributed by atoms with Crippen molar-refractivity contribution < 1.29 is 9.53 Å². The molecule has 1 amide bonds. The van der Waals surface area contributed by atoms with Gasteiger partial charge in [-0.25, -0.2) is 0 Å². The zero-order chi connectivity index (χ0) is 19.4. The molecule has 0 unspecified atom stereocenters. The number of carbonyl (C=O) groups excluding carboxylic acids is 1. The maximum atomic E-state index is 12.7. The number of guanidine groups is 1. The molecule has 1 saturated carbocycles. The largest absolute Gasteiger partial charge is 0.385 e. The Kier molecular flexibility index (Phi) is 10.6. The highest BCUT2D eigenvalue weighted by Gasteiger charge is 2.41. The molecule has 0 heterocycles. The number of amides is 1. The van der Waals surface area contributed by atoms with Gasteiger partial charge in [0.25, 0.3) is 0 Å². The smallest absolute Gasteiger partial charge is 0.230 e. The molecular weight excluding hydrogens is 330 g/mol. The number of nitrogens with zero attached hydrogens (tertiary/aromatic N) is 3. The number of carbonyl (C=O) groups is 1. The molecule has 7 heteroatoms. The van der Waals surface area contributed by atoms with Crippen LogP contribution in [0.1, 0.15) is 39.0 Å². The second kappa shape index (κ2) is 12.1. The van der Waals surface area contributed by atoms with E-state index >= 15 is 0 Å². The van der Waals surface area contributed by atoms with Crippen molar-refractivity contribution in [3.05, 3.63) is 0 Å². The van der Waals surface area contributed by atoms with Crippen molar-refractivity contribution in [3.8, 4) is 0 Å². The molecule has 2 N–H and O–H groups in total. The normalized spacial score (nSPS) is 16.8. The van der Waals surface area contributed by atoms with Gasteiger partial charge in [0.15, 0.2) is 5.96 Å². The third-order valence-corrected chi connectivity index (χ3v) is 4.98. The minimum atomic E-state index is -0.317. The van der Waals surface area contributed by atoms with Gasteiger partial charge in [0.2, 0.25) is 5.91 Å². The molecule has 0 radical (unpaired) electrons. The third kappa shape index (κ3) is 7.50. The summed E-state index contributed by atoms with van der Waals surface area (Å²) < 4.78 is 5.09. The molecule has 0 aromatic carbocycles. The molecule has 152 valence electrons. The maximum absolute atomic E-state index is 12.7. The first-order chi connectivity index (χ1) is 12.4. The van der Waals surface area contributed by atoms with Crippen molar-refractivity contribution in [3.63, 3.8) is 0 Å². The van der Waals surface area contributed by atoms with E-state index in [9.17, 15) is 4.79 Å². The van der Waals surface area contributed by atoms with Crippen LogP contribution in [-0.2, 0) is 9.53 Å². The lowest BCUT2D eigenvalue weighted by molar-refractivity contribution is -0.138. The predicted octanol–water partition coefficient (Wildman–Crippen LogP) is 1.16. The summed E-state index contributed by atoms with van der Waals surface area (Å²) in [6.07, 6.45) is 5.15. The van der Waals surface area contributed by atoms with Crippen LogP contribution in [0.5, 0.6) is 0 Å². The zero-order valence-electron chi connectivity index (χ0n) is 17.4. The van der Waals surface area contributed by atoms with Crippen molar-refractivity contribution in [1.29, 1.82) is 0 Å². The molecule has 7 nitrogen and oxygen atoms in total. The summed E-state index contributed by atoms with van der Waals surface area (Å²) in [5.74, 6) is 1.02. The Balaban J connectivity index is 2.55. The highest BCUT2D eigenvalue weighted by Crippen LogP contribution is 2.39. The number of ether oxygens (including phenoxy) is 1. The number of hydrogen-bond donors (Lipinski definition) is 2. The van der Waals surface area contributed by atoms with E-state index in [1.54, 1.807) is 12.0 Å². The van der Waals surface area contributed by atoms with Crippen molar-refractivity contribution in [1.82, 2.24) is 20.4 Å². The van der Waals surface area contributed by atoms with Crippen LogP contribution in [0, 0.1) is 5.41 Å². The first-order valence-electron chi connectivity index (χ1n) is 9.86. The molecular formula is C19H39N5O2. The van der Waals surface area contributed by atoms with Crippen molar-refractivity contribution in [2.24, 2.45) is 10.4 Å². The van der Waals surface area contributed by atoms with Crippen LogP contribution >= 0.6 is 0 Å². The van der Waals surface area contributed by atoms with Gasteiger partial charge in [0.1, 0.15) is 0 Å². The van der Waals surface area contributed by atoms with Crippen LogP contribution in [0.2, 0.25) is 0 Å². The average Bonchev–Trinajstić information content (AvgIpc) is 3.09. The van der Waals surface area contributed by atoms with E-state index in [4.69, 9.17) is 9.73 Å². The van der Waals surface area contributed by atoms with E-state index in [1.165, 1.54) is 0 Å². The Morgan fingerprint density at radius 3 is 2.42 bits per heavy atom.